The number of hydrogen-bond donors (Lipinski definition) is 2. The number of hydrogen-bond acceptors (Lipinski definition) is 5. The first-order valence-corrected chi connectivity index (χ1v) is 9.59. The second-order valence-electron chi connectivity index (χ2n) is 6.36. The van der Waals surface area contributed by atoms with Crippen LogP contribution in [0.15, 0.2) is 42.1 Å². The van der Waals surface area contributed by atoms with Gasteiger partial charge >= 0.3 is 0 Å². The Kier molecular flexibility index (Phi) is 4.76. The van der Waals surface area contributed by atoms with Crippen molar-refractivity contribution < 1.29 is 4.79 Å². The molecule has 0 atom stereocenters. The number of amides is 1. The SMILES string of the molecule is N#C/C(=C\c1cn[nH]c1-c1ccccc1)C(=O)Nc1sc2c(c1C#N)CCC2. The van der Waals surface area contributed by atoms with Crippen molar-refractivity contribution in [2.24, 2.45) is 0 Å². The largest absolute Gasteiger partial charge is 0.312 e. The van der Waals surface area contributed by atoms with Gasteiger partial charge in [0.15, 0.2) is 0 Å². The molecule has 136 valence electrons. The predicted molar refractivity (Wildman–Crippen MR) is 107 cm³/mol. The summed E-state index contributed by atoms with van der Waals surface area (Å²) in [4.78, 5) is 13.8. The third-order valence-corrected chi connectivity index (χ3v) is 5.86. The summed E-state index contributed by atoms with van der Waals surface area (Å²) in [5, 5.41) is 29.2. The molecule has 1 aromatic carbocycles. The molecule has 0 unspecified atom stereocenters. The fourth-order valence-corrected chi connectivity index (χ4v) is 4.56. The highest BCUT2D eigenvalue weighted by molar-refractivity contribution is 7.16. The number of aromatic nitrogens is 2. The average molecular weight is 385 g/mol. The molecule has 2 aromatic heterocycles. The number of thiophene rings is 1. The molecule has 7 heteroatoms. The van der Waals surface area contributed by atoms with Crippen LogP contribution < -0.4 is 5.32 Å². The zero-order valence-electron chi connectivity index (χ0n) is 14.8. The van der Waals surface area contributed by atoms with Crippen LogP contribution in [0.4, 0.5) is 5.00 Å². The average Bonchev–Trinajstić information content (AvgIpc) is 3.42. The van der Waals surface area contributed by atoms with Crippen molar-refractivity contribution in [3.63, 3.8) is 0 Å². The van der Waals surface area contributed by atoms with Gasteiger partial charge in [-0.2, -0.15) is 15.6 Å². The Morgan fingerprint density at radius 1 is 1.25 bits per heavy atom. The van der Waals surface area contributed by atoms with Gasteiger partial charge in [0.2, 0.25) is 0 Å². The number of benzene rings is 1. The maximum Gasteiger partial charge on any atom is 0.266 e. The van der Waals surface area contributed by atoms with Gasteiger partial charge in [-0.05, 0) is 30.9 Å². The van der Waals surface area contributed by atoms with Crippen molar-refractivity contribution in [1.29, 1.82) is 10.5 Å². The Morgan fingerprint density at radius 3 is 2.82 bits per heavy atom. The zero-order chi connectivity index (χ0) is 19.5. The topological polar surface area (TPSA) is 105 Å². The molecule has 0 saturated carbocycles. The molecule has 0 fully saturated rings. The van der Waals surface area contributed by atoms with E-state index in [1.807, 2.05) is 36.4 Å². The first-order valence-electron chi connectivity index (χ1n) is 8.78. The third kappa shape index (κ3) is 3.20. The molecular formula is C21H15N5OS. The minimum absolute atomic E-state index is 0.0453. The van der Waals surface area contributed by atoms with Crippen LogP contribution in [0.1, 0.15) is 28.0 Å². The van der Waals surface area contributed by atoms with Crippen LogP contribution in [0.2, 0.25) is 0 Å². The number of fused-ring (bicyclic) bond motifs is 1. The minimum Gasteiger partial charge on any atom is -0.312 e. The number of H-pyrrole nitrogens is 1. The predicted octanol–water partition coefficient (Wildman–Crippen LogP) is 4.04. The van der Waals surface area contributed by atoms with Gasteiger partial charge in [-0.25, -0.2) is 0 Å². The minimum atomic E-state index is -0.529. The van der Waals surface area contributed by atoms with E-state index in [0.29, 0.717) is 16.1 Å². The van der Waals surface area contributed by atoms with Gasteiger partial charge in [0.1, 0.15) is 22.7 Å². The van der Waals surface area contributed by atoms with Crippen LogP contribution in [-0.4, -0.2) is 16.1 Å². The molecule has 1 aliphatic carbocycles. The zero-order valence-corrected chi connectivity index (χ0v) is 15.6. The Hall–Kier alpha value is -3.68. The number of aryl methyl sites for hydroxylation is 1. The summed E-state index contributed by atoms with van der Waals surface area (Å²) in [5.74, 6) is -0.529. The van der Waals surface area contributed by atoms with E-state index in [1.54, 1.807) is 6.20 Å². The molecule has 0 bridgehead atoms. The molecule has 0 aliphatic heterocycles. The van der Waals surface area contributed by atoms with Gasteiger partial charge in [0.25, 0.3) is 5.91 Å². The lowest BCUT2D eigenvalue weighted by molar-refractivity contribution is -0.112. The highest BCUT2D eigenvalue weighted by Crippen LogP contribution is 2.38. The lowest BCUT2D eigenvalue weighted by Crippen LogP contribution is -2.13. The number of carbonyl (C=O) groups excluding carboxylic acids is 1. The van der Waals surface area contributed by atoms with Crippen molar-refractivity contribution in [3.05, 3.63) is 63.7 Å². The van der Waals surface area contributed by atoms with E-state index in [4.69, 9.17) is 0 Å². The van der Waals surface area contributed by atoms with Crippen molar-refractivity contribution in [3.8, 4) is 23.4 Å². The standard InChI is InChI=1S/C21H15N5OS/c22-10-14(9-15-12-24-26-19(15)13-5-2-1-3-6-13)20(27)25-21-17(11-23)16-7-4-8-18(16)28-21/h1-3,5-6,9,12H,4,7-8H2,(H,24,26)(H,25,27)/b14-9+. The summed E-state index contributed by atoms with van der Waals surface area (Å²) >= 11 is 1.43. The number of nitrogens with one attached hydrogen (secondary N) is 2. The summed E-state index contributed by atoms with van der Waals surface area (Å²) in [6.45, 7) is 0. The molecule has 4 rings (SSSR count). The monoisotopic (exact) mass is 385 g/mol. The van der Waals surface area contributed by atoms with Crippen molar-refractivity contribution >= 4 is 28.3 Å². The third-order valence-electron chi connectivity index (χ3n) is 4.66. The molecule has 1 aliphatic rings. The molecule has 2 N–H and O–H groups in total. The highest BCUT2D eigenvalue weighted by atomic mass is 32.1. The van der Waals surface area contributed by atoms with E-state index < -0.39 is 5.91 Å². The second-order valence-corrected chi connectivity index (χ2v) is 7.47. The Labute approximate surface area is 165 Å². The number of anilines is 1. The van der Waals surface area contributed by atoms with Crippen LogP contribution in [0.5, 0.6) is 0 Å². The van der Waals surface area contributed by atoms with E-state index >= 15 is 0 Å². The number of carbonyl (C=O) groups is 1. The van der Waals surface area contributed by atoms with Crippen molar-refractivity contribution in [2.45, 2.75) is 19.3 Å². The maximum absolute atomic E-state index is 12.7. The number of aromatic amines is 1. The van der Waals surface area contributed by atoms with Crippen LogP contribution >= 0.6 is 11.3 Å². The van der Waals surface area contributed by atoms with Gasteiger partial charge in [-0.1, -0.05) is 30.3 Å². The lowest BCUT2D eigenvalue weighted by Gasteiger charge is -2.04. The number of rotatable bonds is 4. The number of nitriles is 2. The van der Waals surface area contributed by atoms with Crippen molar-refractivity contribution in [1.82, 2.24) is 10.2 Å². The summed E-state index contributed by atoms with van der Waals surface area (Å²) in [7, 11) is 0. The van der Waals surface area contributed by atoms with Crippen molar-refractivity contribution in [2.75, 3.05) is 5.32 Å². The van der Waals surface area contributed by atoms with Crippen LogP contribution in [-0.2, 0) is 17.6 Å². The molecule has 0 saturated heterocycles. The Balaban J connectivity index is 1.63. The van der Waals surface area contributed by atoms with Gasteiger partial charge in [0.05, 0.1) is 17.5 Å². The maximum atomic E-state index is 12.7. The summed E-state index contributed by atoms with van der Waals surface area (Å²) in [6.07, 6.45) is 5.92. The van der Waals surface area contributed by atoms with Crippen LogP contribution in [0.25, 0.3) is 17.3 Å². The molecule has 2 heterocycles. The first kappa shape index (κ1) is 17.7. The molecule has 0 radical (unpaired) electrons. The van der Waals surface area contributed by atoms with Gasteiger partial charge in [0, 0.05) is 16.0 Å². The first-order chi connectivity index (χ1) is 13.7. The van der Waals surface area contributed by atoms with E-state index in [-0.39, 0.29) is 5.57 Å². The molecule has 1 amide bonds. The molecule has 6 nitrogen and oxygen atoms in total. The summed E-state index contributed by atoms with van der Waals surface area (Å²) in [5.41, 5.74) is 3.80. The Morgan fingerprint density at radius 2 is 2.07 bits per heavy atom. The van der Waals surface area contributed by atoms with E-state index in [0.717, 1.165) is 41.0 Å². The van der Waals surface area contributed by atoms with E-state index in [2.05, 4.69) is 21.6 Å². The van der Waals surface area contributed by atoms with Crippen LogP contribution in [0.3, 0.4) is 0 Å². The fraction of sp³-hybridized carbons (Fsp3) is 0.143. The summed E-state index contributed by atoms with van der Waals surface area (Å²) < 4.78 is 0. The lowest BCUT2D eigenvalue weighted by atomic mass is 10.1. The van der Waals surface area contributed by atoms with Gasteiger partial charge in [-0.15, -0.1) is 11.3 Å². The van der Waals surface area contributed by atoms with E-state index in [9.17, 15) is 15.3 Å². The normalized spacial score (nSPS) is 12.9. The van der Waals surface area contributed by atoms with Crippen LogP contribution in [0, 0.1) is 22.7 Å². The fourth-order valence-electron chi connectivity index (χ4n) is 3.33. The quantitative estimate of drug-likeness (QED) is 0.522. The number of nitrogens with zero attached hydrogens (tertiary/aromatic N) is 3. The molecule has 3 aromatic rings. The molecular weight excluding hydrogens is 370 g/mol. The Bertz CT molecular complexity index is 1160. The highest BCUT2D eigenvalue weighted by Gasteiger charge is 2.24. The molecule has 28 heavy (non-hydrogen) atoms. The van der Waals surface area contributed by atoms with E-state index in [1.165, 1.54) is 17.4 Å². The second kappa shape index (κ2) is 7.51. The summed E-state index contributed by atoms with van der Waals surface area (Å²) in [6, 6.07) is 13.7. The van der Waals surface area contributed by atoms with Gasteiger partial charge < -0.3 is 5.32 Å². The molecule has 0 spiro atoms. The smallest absolute Gasteiger partial charge is 0.266 e. The van der Waals surface area contributed by atoms with Gasteiger partial charge in [-0.3, -0.25) is 9.89 Å².